The Bertz CT molecular complexity index is 357. The highest BCUT2D eigenvalue weighted by Gasteiger charge is 2.18. The summed E-state index contributed by atoms with van der Waals surface area (Å²) in [4.78, 5) is 11.0. The smallest absolute Gasteiger partial charge is 0.325 e. The number of halogens is 1. The number of hydrogen-bond donors (Lipinski definition) is 2. The predicted molar refractivity (Wildman–Crippen MR) is 56.7 cm³/mol. The summed E-state index contributed by atoms with van der Waals surface area (Å²) in [6, 6.07) is 4.63. The molecule has 0 amide bonds. The van der Waals surface area contributed by atoms with Gasteiger partial charge < -0.3 is 9.84 Å². The van der Waals surface area contributed by atoms with Crippen molar-refractivity contribution in [2.45, 2.75) is 6.04 Å². The third-order valence-electron chi connectivity index (χ3n) is 2.08. The Morgan fingerprint density at radius 3 is 2.94 bits per heavy atom. The number of hydrogen-bond acceptors (Lipinski definition) is 3. The van der Waals surface area contributed by atoms with Gasteiger partial charge in [-0.05, 0) is 17.7 Å². The monoisotopic (exact) mass is 227 g/mol. The molecule has 1 unspecified atom stereocenters. The molecule has 0 bridgehead atoms. The van der Waals surface area contributed by atoms with E-state index in [-0.39, 0.29) is 0 Å². The van der Waals surface area contributed by atoms with Crippen LogP contribution in [0, 0.1) is 5.82 Å². The second-order valence-electron chi connectivity index (χ2n) is 3.27. The summed E-state index contributed by atoms with van der Waals surface area (Å²) >= 11 is 0. The van der Waals surface area contributed by atoms with Crippen LogP contribution in [0.3, 0.4) is 0 Å². The zero-order valence-electron chi connectivity index (χ0n) is 8.94. The van der Waals surface area contributed by atoms with Crippen LogP contribution in [0.5, 0.6) is 0 Å². The molecule has 1 rings (SSSR count). The summed E-state index contributed by atoms with van der Waals surface area (Å²) < 4.78 is 17.7. The Morgan fingerprint density at radius 1 is 1.62 bits per heavy atom. The maximum Gasteiger partial charge on any atom is 0.325 e. The number of ether oxygens (including phenoxy) is 1. The van der Waals surface area contributed by atoms with Gasteiger partial charge in [-0.3, -0.25) is 10.1 Å². The minimum absolute atomic E-state index is 0.392. The topological polar surface area (TPSA) is 58.6 Å². The summed E-state index contributed by atoms with van der Waals surface area (Å²) in [5.41, 5.74) is 0.392. The summed E-state index contributed by atoms with van der Waals surface area (Å²) in [5.74, 6) is -1.49. The van der Waals surface area contributed by atoms with Crippen molar-refractivity contribution < 1.29 is 19.0 Å². The van der Waals surface area contributed by atoms with Gasteiger partial charge in [-0.15, -0.1) is 0 Å². The largest absolute Gasteiger partial charge is 0.480 e. The molecule has 88 valence electrons. The normalized spacial score (nSPS) is 12.4. The first-order valence-corrected chi connectivity index (χ1v) is 4.85. The first-order valence-electron chi connectivity index (χ1n) is 4.85. The van der Waals surface area contributed by atoms with Crippen molar-refractivity contribution in [3.8, 4) is 0 Å². The van der Waals surface area contributed by atoms with Crippen molar-refractivity contribution in [2.24, 2.45) is 0 Å². The first kappa shape index (κ1) is 12.6. The Balaban J connectivity index is 2.73. The van der Waals surface area contributed by atoms with E-state index in [2.05, 4.69) is 5.32 Å². The van der Waals surface area contributed by atoms with E-state index < -0.39 is 17.8 Å². The van der Waals surface area contributed by atoms with Crippen LogP contribution in [-0.2, 0) is 9.53 Å². The lowest BCUT2D eigenvalue weighted by atomic mass is 10.1. The summed E-state index contributed by atoms with van der Waals surface area (Å²) in [6.45, 7) is 0.795. The molecule has 0 spiro atoms. The minimum Gasteiger partial charge on any atom is -0.480 e. The van der Waals surface area contributed by atoms with E-state index in [0.29, 0.717) is 18.7 Å². The van der Waals surface area contributed by atoms with Crippen molar-refractivity contribution in [1.29, 1.82) is 0 Å². The van der Waals surface area contributed by atoms with Crippen molar-refractivity contribution >= 4 is 5.97 Å². The number of aliphatic carboxylic acids is 1. The van der Waals surface area contributed by atoms with Gasteiger partial charge in [0.05, 0.1) is 6.61 Å². The van der Waals surface area contributed by atoms with Crippen molar-refractivity contribution in [2.75, 3.05) is 20.3 Å². The molecule has 0 saturated carbocycles. The van der Waals surface area contributed by atoms with E-state index in [1.807, 2.05) is 0 Å². The molecular weight excluding hydrogens is 213 g/mol. The fourth-order valence-electron chi connectivity index (χ4n) is 1.34. The van der Waals surface area contributed by atoms with E-state index in [0.717, 1.165) is 0 Å². The fraction of sp³-hybridized carbons (Fsp3) is 0.364. The SMILES string of the molecule is COCCNC(C(=O)O)c1cccc(F)c1. The van der Waals surface area contributed by atoms with Gasteiger partial charge >= 0.3 is 5.97 Å². The molecule has 0 aliphatic carbocycles. The molecule has 1 aromatic carbocycles. The van der Waals surface area contributed by atoms with Gasteiger partial charge in [-0.2, -0.15) is 0 Å². The quantitative estimate of drug-likeness (QED) is 0.717. The van der Waals surface area contributed by atoms with E-state index in [1.54, 1.807) is 6.07 Å². The van der Waals surface area contributed by atoms with Gasteiger partial charge in [-0.1, -0.05) is 12.1 Å². The van der Waals surface area contributed by atoms with E-state index in [4.69, 9.17) is 9.84 Å². The molecular formula is C11H14FNO3. The zero-order valence-corrected chi connectivity index (χ0v) is 8.94. The Labute approximate surface area is 93.0 Å². The Kier molecular flexibility index (Phi) is 4.88. The Hall–Kier alpha value is -1.46. The molecule has 0 fully saturated rings. The lowest BCUT2D eigenvalue weighted by Gasteiger charge is -2.14. The highest BCUT2D eigenvalue weighted by Crippen LogP contribution is 2.14. The van der Waals surface area contributed by atoms with E-state index in [1.165, 1.54) is 25.3 Å². The number of carbonyl (C=O) groups is 1. The Morgan fingerprint density at radius 2 is 2.38 bits per heavy atom. The molecule has 4 nitrogen and oxygen atoms in total. The molecule has 0 aliphatic rings. The molecule has 1 aromatic rings. The van der Waals surface area contributed by atoms with Crippen LogP contribution in [0.15, 0.2) is 24.3 Å². The van der Waals surface area contributed by atoms with Crippen LogP contribution in [0.2, 0.25) is 0 Å². The first-order chi connectivity index (χ1) is 7.65. The van der Waals surface area contributed by atoms with Gasteiger partial charge in [0.2, 0.25) is 0 Å². The van der Waals surface area contributed by atoms with Crippen LogP contribution < -0.4 is 5.32 Å². The highest BCUT2D eigenvalue weighted by molar-refractivity contribution is 5.75. The molecule has 0 aliphatic heterocycles. The fourth-order valence-corrected chi connectivity index (χ4v) is 1.34. The standard InChI is InChI=1S/C11H14FNO3/c1-16-6-5-13-10(11(14)15)8-3-2-4-9(12)7-8/h2-4,7,10,13H,5-6H2,1H3,(H,14,15). The summed E-state index contributed by atoms with van der Waals surface area (Å²) in [5, 5.41) is 11.8. The van der Waals surface area contributed by atoms with Crippen molar-refractivity contribution in [3.63, 3.8) is 0 Å². The van der Waals surface area contributed by atoms with Gasteiger partial charge in [0.15, 0.2) is 0 Å². The average Bonchev–Trinajstić information content (AvgIpc) is 2.24. The molecule has 16 heavy (non-hydrogen) atoms. The maximum atomic E-state index is 12.9. The molecule has 0 radical (unpaired) electrons. The maximum absolute atomic E-state index is 12.9. The lowest BCUT2D eigenvalue weighted by molar-refractivity contribution is -0.139. The zero-order chi connectivity index (χ0) is 12.0. The molecule has 0 aromatic heterocycles. The average molecular weight is 227 g/mol. The second-order valence-corrected chi connectivity index (χ2v) is 3.27. The summed E-state index contributed by atoms with van der Waals surface area (Å²) in [6.07, 6.45) is 0. The van der Waals surface area contributed by atoms with Gasteiger partial charge in [0, 0.05) is 13.7 Å². The van der Waals surface area contributed by atoms with Crippen LogP contribution in [0.1, 0.15) is 11.6 Å². The number of carboxylic acid groups (broad SMARTS) is 1. The van der Waals surface area contributed by atoms with Gasteiger partial charge in [0.25, 0.3) is 0 Å². The number of methoxy groups -OCH3 is 1. The van der Waals surface area contributed by atoms with Crippen LogP contribution in [-0.4, -0.2) is 31.3 Å². The predicted octanol–water partition coefficient (Wildman–Crippen LogP) is 1.19. The third-order valence-corrected chi connectivity index (χ3v) is 2.08. The number of nitrogens with one attached hydrogen (secondary N) is 1. The lowest BCUT2D eigenvalue weighted by Crippen LogP contribution is -2.31. The number of benzene rings is 1. The van der Waals surface area contributed by atoms with Crippen LogP contribution in [0.25, 0.3) is 0 Å². The third kappa shape index (κ3) is 3.60. The minimum atomic E-state index is -1.04. The van der Waals surface area contributed by atoms with Crippen molar-refractivity contribution in [3.05, 3.63) is 35.6 Å². The van der Waals surface area contributed by atoms with Crippen LogP contribution >= 0.6 is 0 Å². The molecule has 0 heterocycles. The summed E-state index contributed by atoms with van der Waals surface area (Å²) in [7, 11) is 1.53. The van der Waals surface area contributed by atoms with Gasteiger partial charge in [-0.25, -0.2) is 4.39 Å². The molecule has 1 atom stereocenters. The van der Waals surface area contributed by atoms with E-state index >= 15 is 0 Å². The van der Waals surface area contributed by atoms with Gasteiger partial charge in [0.1, 0.15) is 11.9 Å². The van der Waals surface area contributed by atoms with E-state index in [9.17, 15) is 9.18 Å². The van der Waals surface area contributed by atoms with Crippen molar-refractivity contribution in [1.82, 2.24) is 5.32 Å². The molecule has 2 N–H and O–H groups in total. The molecule has 5 heteroatoms. The molecule has 0 saturated heterocycles. The number of rotatable bonds is 6. The highest BCUT2D eigenvalue weighted by atomic mass is 19.1. The van der Waals surface area contributed by atoms with Crippen LogP contribution in [0.4, 0.5) is 4.39 Å². The second kappa shape index (κ2) is 6.19. The number of carboxylic acids is 1.